The monoisotopic (exact) mass is 524 g/mol. The minimum Gasteiger partial charge on any atom is -0.489 e. The molecule has 4 rings (SSSR count). The van der Waals surface area contributed by atoms with Crippen molar-refractivity contribution in [2.75, 3.05) is 6.54 Å². The minimum absolute atomic E-state index is 0.288. The second-order valence-electron chi connectivity index (χ2n) is 7.28. The second-order valence-corrected chi connectivity index (χ2v) is 9.36. The lowest BCUT2D eigenvalue weighted by Crippen LogP contribution is -2.12. The van der Waals surface area contributed by atoms with E-state index in [1.807, 2.05) is 90.4 Å². The SMILES string of the molecule is Cc1nnc(S[C@H](C[N+](=O)[O-])c2cc(Br)ccc2OCc2ccccc2)n1-c1ccccc1. The molecule has 1 aromatic heterocycles. The molecule has 0 aliphatic carbocycles. The summed E-state index contributed by atoms with van der Waals surface area (Å²) in [5, 5.41) is 20.2. The molecular formula is C24H21BrN4O3S. The van der Waals surface area contributed by atoms with E-state index < -0.39 is 5.25 Å². The molecule has 0 aliphatic heterocycles. The quantitative estimate of drug-likeness (QED) is 0.151. The molecule has 3 aromatic carbocycles. The molecule has 168 valence electrons. The van der Waals surface area contributed by atoms with Crippen molar-refractivity contribution in [2.24, 2.45) is 0 Å². The summed E-state index contributed by atoms with van der Waals surface area (Å²) in [5.41, 5.74) is 2.64. The van der Waals surface area contributed by atoms with E-state index in [1.165, 1.54) is 11.8 Å². The highest BCUT2D eigenvalue weighted by atomic mass is 79.9. The Labute approximate surface area is 204 Å². The average Bonchev–Trinajstić information content (AvgIpc) is 3.18. The second kappa shape index (κ2) is 10.6. The van der Waals surface area contributed by atoms with Gasteiger partial charge in [0.1, 0.15) is 23.4 Å². The highest BCUT2D eigenvalue weighted by Gasteiger charge is 2.27. The molecule has 0 amide bonds. The van der Waals surface area contributed by atoms with Crippen LogP contribution in [0.1, 0.15) is 22.2 Å². The van der Waals surface area contributed by atoms with Gasteiger partial charge in [-0.3, -0.25) is 14.7 Å². The molecule has 33 heavy (non-hydrogen) atoms. The van der Waals surface area contributed by atoms with Gasteiger partial charge in [-0.05, 0) is 42.8 Å². The maximum absolute atomic E-state index is 11.6. The fourth-order valence-corrected chi connectivity index (χ4v) is 4.96. The number of nitrogens with zero attached hydrogens (tertiary/aromatic N) is 4. The molecule has 0 bridgehead atoms. The molecule has 1 heterocycles. The van der Waals surface area contributed by atoms with Crippen LogP contribution in [0.3, 0.4) is 0 Å². The number of benzene rings is 3. The average molecular weight is 525 g/mol. The fourth-order valence-electron chi connectivity index (χ4n) is 3.39. The van der Waals surface area contributed by atoms with Crippen molar-refractivity contribution in [3.63, 3.8) is 0 Å². The van der Waals surface area contributed by atoms with Gasteiger partial charge in [-0.25, -0.2) is 0 Å². The van der Waals surface area contributed by atoms with Gasteiger partial charge in [-0.15, -0.1) is 10.2 Å². The Morgan fingerprint density at radius 1 is 1.06 bits per heavy atom. The minimum atomic E-state index is -0.533. The molecule has 7 nitrogen and oxygen atoms in total. The summed E-state index contributed by atoms with van der Waals surface area (Å²) in [6.07, 6.45) is 0. The van der Waals surface area contributed by atoms with Crippen molar-refractivity contribution in [2.45, 2.75) is 23.9 Å². The lowest BCUT2D eigenvalue weighted by molar-refractivity contribution is -0.479. The lowest BCUT2D eigenvalue weighted by atomic mass is 10.1. The van der Waals surface area contributed by atoms with E-state index in [9.17, 15) is 10.1 Å². The van der Waals surface area contributed by atoms with Crippen LogP contribution in [0.25, 0.3) is 5.69 Å². The van der Waals surface area contributed by atoms with E-state index in [2.05, 4.69) is 26.1 Å². The van der Waals surface area contributed by atoms with Crippen LogP contribution in [0.5, 0.6) is 5.75 Å². The van der Waals surface area contributed by atoms with Gasteiger partial charge in [0.2, 0.25) is 6.54 Å². The summed E-state index contributed by atoms with van der Waals surface area (Å²) >= 11 is 4.80. The molecule has 0 N–H and O–H groups in total. The molecule has 0 fully saturated rings. The van der Waals surface area contributed by atoms with Crippen LogP contribution in [-0.4, -0.2) is 26.2 Å². The zero-order valence-corrected chi connectivity index (χ0v) is 20.2. The predicted octanol–water partition coefficient (Wildman–Crippen LogP) is 6.03. The van der Waals surface area contributed by atoms with Crippen LogP contribution in [0.2, 0.25) is 0 Å². The molecule has 0 spiro atoms. The van der Waals surface area contributed by atoms with E-state index in [1.54, 1.807) is 0 Å². The smallest absolute Gasteiger partial charge is 0.220 e. The Kier molecular flexibility index (Phi) is 7.41. The molecule has 9 heteroatoms. The van der Waals surface area contributed by atoms with Gasteiger partial charge in [-0.1, -0.05) is 76.2 Å². The Bertz CT molecular complexity index is 1240. The Morgan fingerprint density at radius 2 is 1.76 bits per heavy atom. The number of thioether (sulfide) groups is 1. The van der Waals surface area contributed by atoms with Crippen molar-refractivity contribution in [1.29, 1.82) is 0 Å². The van der Waals surface area contributed by atoms with Gasteiger partial charge >= 0.3 is 0 Å². The van der Waals surface area contributed by atoms with Crippen LogP contribution in [0, 0.1) is 17.0 Å². The predicted molar refractivity (Wildman–Crippen MR) is 131 cm³/mol. The standard InChI is InChI=1S/C24H21BrN4O3S/c1-17-26-27-24(29(17)20-10-6-3-7-11-20)33-23(15-28(30)31)21-14-19(25)12-13-22(21)32-16-18-8-4-2-5-9-18/h2-14,23H,15-16H2,1H3/t23-/m1/s1. The number of rotatable bonds is 9. The molecule has 0 saturated heterocycles. The number of aromatic nitrogens is 3. The third-order valence-corrected chi connectivity index (χ3v) is 6.58. The summed E-state index contributed by atoms with van der Waals surface area (Å²) in [6, 6.07) is 25.1. The van der Waals surface area contributed by atoms with Crippen LogP contribution in [-0.2, 0) is 6.61 Å². The first-order valence-electron chi connectivity index (χ1n) is 10.2. The molecule has 1 atom stereocenters. The van der Waals surface area contributed by atoms with Crippen molar-refractivity contribution >= 4 is 27.7 Å². The Balaban J connectivity index is 1.68. The zero-order valence-electron chi connectivity index (χ0n) is 17.8. The number of nitro groups is 1. The van der Waals surface area contributed by atoms with Crippen LogP contribution in [0.15, 0.2) is 88.5 Å². The van der Waals surface area contributed by atoms with E-state index in [0.29, 0.717) is 23.3 Å². The number of hydrogen-bond acceptors (Lipinski definition) is 6. The van der Waals surface area contributed by atoms with E-state index in [-0.39, 0.29) is 11.5 Å². The largest absolute Gasteiger partial charge is 0.489 e. The number of ether oxygens (including phenoxy) is 1. The summed E-state index contributed by atoms with van der Waals surface area (Å²) in [6.45, 7) is 1.94. The van der Waals surface area contributed by atoms with Gasteiger partial charge in [0.05, 0.1) is 0 Å². The summed E-state index contributed by atoms with van der Waals surface area (Å²) < 4.78 is 8.82. The maximum Gasteiger partial charge on any atom is 0.220 e. The topological polar surface area (TPSA) is 83.1 Å². The number of para-hydroxylation sites is 1. The molecular weight excluding hydrogens is 504 g/mol. The van der Waals surface area contributed by atoms with Crippen LogP contribution in [0.4, 0.5) is 0 Å². The van der Waals surface area contributed by atoms with Gasteiger partial charge in [0.15, 0.2) is 5.16 Å². The molecule has 4 aromatic rings. The first-order valence-corrected chi connectivity index (χ1v) is 11.9. The van der Waals surface area contributed by atoms with E-state index >= 15 is 0 Å². The van der Waals surface area contributed by atoms with Gasteiger partial charge in [-0.2, -0.15) is 0 Å². The van der Waals surface area contributed by atoms with E-state index in [4.69, 9.17) is 4.74 Å². The van der Waals surface area contributed by atoms with Crippen molar-refractivity contribution in [3.8, 4) is 11.4 Å². The number of halogens is 1. The fraction of sp³-hybridized carbons (Fsp3) is 0.167. The molecule has 0 radical (unpaired) electrons. The Morgan fingerprint density at radius 3 is 2.45 bits per heavy atom. The van der Waals surface area contributed by atoms with Gasteiger partial charge in [0.25, 0.3) is 0 Å². The highest BCUT2D eigenvalue weighted by molar-refractivity contribution is 9.10. The first kappa shape index (κ1) is 23.0. The zero-order chi connectivity index (χ0) is 23.2. The normalized spacial score (nSPS) is 11.8. The van der Waals surface area contributed by atoms with Crippen molar-refractivity contribution < 1.29 is 9.66 Å². The van der Waals surface area contributed by atoms with Gasteiger partial charge < -0.3 is 4.74 Å². The van der Waals surface area contributed by atoms with E-state index in [0.717, 1.165) is 21.3 Å². The summed E-state index contributed by atoms with van der Waals surface area (Å²) in [7, 11) is 0. The van der Waals surface area contributed by atoms with Crippen LogP contribution >= 0.6 is 27.7 Å². The third kappa shape index (κ3) is 5.80. The first-order chi connectivity index (χ1) is 16.0. The number of aryl methyl sites for hydroxylation is 1. The molecule has 0 saturated carbocycles. The van der Waals surface area contributed by atoms with Crippen molar-refractivity contribution in [3.05, 3.63) is 110 Å². The summed E-state index contributed by atoms with van der Waals surface area (Å²) in [4.78, 5) is 11.3. The molecule has 0 unspecified atom stereocenters. The van der Waals surface area contributed by atoms with Crippen LogP contribution < -0.4 is 4.74 Å². The maximum atomic E-state index is 11.6. The Hall–Kier alpha value is -3.17. The third-order valence-electron chi connectivity index (χ3n) is 4.93. The highest BCUT2D eigenvalue weighted by Crippen LogP contribution is 2.41. The number of hydrogen-bond donors (Lipinski definition) is 0. The summed E-state index contributed by atoms with van der Waals surface area (Å²) in [5.74, 6) is 1.31. The molecule has 0 aliphatic rings. The van der Waals surface area contributed by atoms with Crippen molar-refractivity contribution in [1.82, 2.24) is 14.8 Å². The van der Waals surface area contributed by atoms with Gasteiger partial charge in [0, 0.05) is 20.6 Å². The lowest BCUT2D eigenvalue weighted by Gasteiger charge is -2.18.